The number of nitrogens with zero attached hydrogens (tertiary/aromatic N) is 1. The van der Waals surface area contributed by atoms with E-state index in [0.717, 1.165) is 25.4 Å². The van der Waals surface area contributed by atoms with E-state index in [-0.39, 0.29) is 18.3 Å². The van der Waals surface area contributed by atoms with Gasteiger partial charge in [-0.3, -0.25) is 4.79 Å². The second-order valence-electron chi connectivity index (χ2n) is 5.15. The van der Waals surface area contributed by atoms with Crippen LogP contribution in [0.25, 0.3) is 0 Å². The summed E-state index contributed by atoms with van der Waals surface area (Å²) >= 11 is 0. The largest absolute Gasteiger partial charge is 0.344 e. The lowest BCUT2D eigenvalue weighted by Gasteiger charge is -2.23. The van der Waals surface area contributed by atoms with E-state index in [9.17, 15) is 4.79 Å². The molecule has 1 fully saturated rings. The molecule has 17 heavy (non-hydrogen) atoms. The lowest BCUT2D eigenvalue weighted by molar-refractivity contribution is -0.134. The second kappa shape index (κ2) is 8.76. The third-order valence-electron chi connectivity index (χ3n) is 3.66. The summed E-state index contributed by atoms with van der Waals surface area (Å²) in [5.41, 5.74) is 0. The predicted octanol–water partition coefficient (Wildman–Crippen LogP) is 2.30. The van der Waals surface area contributed by atoms with Crippen molar-refractivity contribution in [1.82, 2.24) is 10.2 Å². The Morgan fingerprint density at radius 1 is 1.41 bits per heavy atom. The van der Waals surface area contributed by atoms with Gasteiger partial charge in [-0.2, -0.15) is 0 Å². The van der Waals surface area contributed by atoms with Crippen LogP contribution in [0.3, 0.4) is 0 Å². The van der Waals surface area contributed by atoms with Gasteiger partial charge in [-0.25, -0.2) is 0 Å². The molecule has 0 aromatic carbocycles. The van der Waals surface area contributed by atoms with Gasteiger partial charge in [0.05, 0.1) is 0 Å². The van der Waals surface area contributed by atoms with Crippen molar-refractivity contribution in [3.8, 4) is 0 Å². The molecule has 1 saturated carbocycles. The number of nitrogens with one attached hydrogen (secondary N) is 1. The van der Waals surface area contributed by atoms with Gasteiger partial charge in [-0.15, -0.1) is 12.4 Å². The molecule has 3 nitrogen and oxygen atoms in total. The van der Waals surface area contributed by atoms with Crippen molar-refractivity contribution in [3.63, 3.8) is 0 Å². The molecule has 0 bridgehead atoms. The highest BCUT2D eigenvalue weighted by atomic mass is 35.5. The average molecular weight is 263 g/mol. The molecule has 0 saturated heterocycles. The van der Waals surface area contributed by atoms with Gasteiger partial charge >= 0.3 is 0 Å². The lowest BCUT2D eigenvalue weighted by Crippen LogP contribution is -2.36. The van der Waals surface area contributed by atoms with Crippen molar-refractivity contribution in [2.45, 2.75) is 39.0 Å². The Hall–Kier alpha value is -0.280. The van der Waals surface area contributed by atoms with Gasteiger partial charge in [-0.05, 0) is 19.4 Å². The van der Waals surface area contributed by atoms with Crippen LogP contribution in [-0.2, 0) is 4.79 Å². The molecule has 1 unspecified atom stereocenters. The summed E-state index contributed by atoms with van der Waals surface area (Å²) in [6.07, 6.45) is 6.47. The summed E-state index contributed by atoms with van der Waals surface area (Å²) in [5, 5.41) is 3.07. The average Bonchev–Trinajstić information content (AvgIpc) is 2.77. The van der Waals surface area contributed by atoms with Crippen molar-refractivity contribution in [3.05, 3.63) is 0 Å². The van der Waals surface area contributed by atoms with Crippen LogP contribution in [0.5, 0.6) is 0 Å². The van der Waals surface area contributed by atoms with E-state index in [1.807, 2.05) is 19.0 Å². The zero-order chi connectivity index (χ0) is 12.0. The van der Waals surface area contributed by atoms with E-state index >= 15 is 0 Å². The number of hydrogen-bond donors (Lipinski definition) is 1. The minimum absolute atomic E-state index is 0. The number of carbonyl (C=O) groups is 1. The van der Waals surface area contributed by atoms with E-state index in [1.165, 1.54) is 25.7 Å². The third kappa shape index (κ3) is 5.73. The van der Waals surface area contributed by atoms with Gasteiger partial charge in [-0.1, -0.05) is 32.6 Å². The fourth-order valence-corrected chi connectivity index (χ4v) is 2.61. The number of carbonyl (C=O) groups excluding carboxylic acids is 1. The summed E-state index contributed by atoms with van der Waals surface area (Å²) in [5.74, 6) is 1.31. The lowest BCUT2D eigenvalue weighted by atomic mass is 9.93. The van der Waals surface area contributed by atoms with Crippen molar-refractivity contribution < 1.29 is 4.79 Å². The summed E-state index contributed by atoms with van der Waals surface area (Å²) in [7, 11) is 3.82. The molecule has 4 heteroatoms. The van der Waals surface area contributed by atoms with Crippen LogP contribution in [0.2, 0.25) is 0 Å². The van der Waals surface area contributed by atoms with E-state index in [1.54, 1.807) is 0 Å². The maximum atomic E-state index is 12.0. The van der Waals surface area contributed by atoms with Crippen LogP contribution >= 0.6 is 12.4 Å². The highest BCUT2D eigenvalue weighted by molar-refractivity contribution is 5.85. The summed E-state index contributed by atoms with van der Waals surface area (Å²) in [6, 6.07) is 0. The topological polar surface area (TPSA) is 32.3 Å². The maximum absolute atomic E-state index is 12.0. The number of amides is 1. The van der Waals surface area contributed by atoms with Crippen LogP contribution in [0, 0.1) is 11.8 Å². The Balaban J connectivity index is 0.00000256. The zero-order valence-electron chi connectivity index (χ0n) is 11.4. The van der Waals surface area contributed by atoms with Crippen molar-refractivity contribution >= 4 is 18.3 Å². The normalized spacial score (nSPS) is 17.6. The fourth-order valence-electron chi connectivity index (χ4n) is 2.61. The maximum Gasteiger partial charge on any atom is 0.225 e. The van der Waals surface area contributed by atoms with Crippen LogP contribution in [-0.4, -0.2) is 38.0 Å². The number of rotatable bonds is 6. The minimum Gasteiger partial charge on any atom is -0.344 e. The first kappa shape index (κ1) is 16.7. The smallest absolute Gasteiger partial charge is 0.225 e. The quantitative estimate of drug-likeness (QED) is 0.797. The molecule has 1 amide bonds. The van der Waals surface area contributed by atoms with Crippen molar-refractivity contribution in [2.24, 2.45) is 11.8 Å². The number of likely N-dealkylation sites (N-methyl/N-ethyl adjacent to an activating group) is 2. The molecule has 1 N–H and O–H groups in total. The van der Waals surface area contributed by atoms with E-state index in [0.29, 0.717) is 5.91 Å². The van der Waals surface area contributed by atoms with Crippen LogP contribution in [0.15, 0.2) is 0 Å². The van der Waals surface area contributed by atoms with Crippen LogP contribution < -0.4 is 5.32 Å². The monoisotopic (exact) mass is 262 g/mol. The second-order valence-corrected chi connectivity index (χ2v) is 5.15. The minimum atomic E-state index is 0. The zero-order valence-corrected chi connectivity index (χ0v) is 12.2. The summed E-state index contributed by atoms with van der Waals surface area (Å²) in [6.45, 7) is 3.76. The van der Waals surface area contributed by atoms with E-state index in [4.69, 9.17) is 0 Å². The van der Waals surface area contributed by atoms with Crippen molar-refractivity contribution in [1.29, 1.82) is 0 Å². The molecule has 1 aliphatic carbocycles. The Kier molecular flexibility index (Phi) is 8.61. The van der Waals surface area contributed by atoms with Crippen LogP contribution in [0.4, 0.5) is 0 Å². The van der Waals surface area contributed by atoms with Gasteiger partial charge in [0.25, 0.3) is 0 Å². The molecule has 0 aliphatic heterocycles. The Bertz CT molecular complexity index is 217. The molecular formula is C13H27ClN2O. The molecule has 0 aromatic rings. The van der Waals surface area contributed by atoms with Gasteiger partial charge in [0, 0.05) is 26.1 Å². The Morgan fingerprint density at radius 2 is 2.00 bits per heavy atom. The van der Waals surface area contributed by atoms with Gasteiger partial charge < -0.3 is 10.2 Å². The summed E-state index contributed by atoms with van der Waals surface area (Å²) < 4.78 is 0. The van der Waals surface area contributed by atoms with E-state index < -0.39 is 0 Å². The molecule has 0 radical (unpaired) electrons. The number of halogens is 1. The van der Waals surface area contributed by atoms with Gasteiger partial charge in [0.2, 0.25) is 5.91 Å². The molecule has 102 valence electrons. The first-order valence-electron chi connectivity index (χ1n) is 6.54. The Morgan fingerprint density at radius 3 is 2.53 bits per heavy atom. The van der Waals surface area contributed by atoms with E-state index in [2.05, 4.69) is 12.2 Å². The highest BCUT2D eigenvalue weighted by Crippen LogP contribution is 2.30. The molecule has 1 aliphatic rings. The standard InChI is InChI=1S/C13H26N2O.ClH/c1-11(10-12-6-4-5-7-12)13(16)15(3)9-8-14-2;/h11-12,14H,4-10H2,1-3H3;1H. The third-order valence-corrected chi connectivity index (χ3v) is 3.66. The fraction of sp³-hybridized carbons (Fsp3) is 0.923. The summed E-state index contributed by atoms with van der Waals surface area (Å²) in [4.78, 5) is 13.9. The highest BCUT2D eigenvalue weighted by Gasteiger charge is 2.23. The molecule has 0 heterocycles. The molecule has 1 rings (SSSR count). The molecule has 1 atom stereocenters. The van der Waals surface area contributed by atoms with Gasteiger partial charge in [0.1, 0.15) is 0 Å². The van der Waals surface area contributed by atoms with Gasteiger partial charge in [0.15, 0.2) is 0 Å². The first-order chi connectivity index (χ1) is 7.65. The molecule has 0 spiro atoms. The van der Waals surface area contributed by atoms with Crippen LogP contribution in [0.1, 0.15) is 39.0 Å². The first-order valence-corrected chi connectivity index (χ1v) is 6.54. The Labute approximate surface area is 112 Å². The molecular weight excluding hydrogens is 236 g/mol. The van der Waals surface area contributed by atoms with Crippen molar-refractivity contribution in [2.75, 3.05) is 27.2 Å². The number of hydrogen-bond acceptors (Lipinski definition) is 2. The SMILES string of the molecule is CNCCN(C)C(=O)C(C)CC1CCCC1.Cl. The predicted molar refractivity (Wildman–Crippen MR) is 74.6 cm³/mol. The molecule has 0 aromatic heterocycles.